The van der Waals surface area contributed by atoms with Crippen LogP contribution in [0.2, 0.25) is 5.02 Å². The topological polar surface area (TPSA) is 44.8 Å². The van der Waals surface area contributed by atoms with Gasteiger partial charge in [0.25, 0.3) is 0 Å². The molecule has 1 aromatic carbocycles. The summed E-state index contributed by atoms with van der Waals surface area (Å²) >= 11 is 6.05. The summed E-state index contributed by atoms with van der Waals surface area (Å²) in [6.45, 7) is 1.33. The number of halogens is 4. The third-order valence-electron chi connectivity index (χ3n) is 4.74. The number of anilines is 1. The minimum absolute atomic E-state index is 0.0296. The summed E-state index contributed by atoms with van der Waals surface area (Å²) in [6.07, 6.45) is -1.94. The van der Waals surface area contributed by atoms with Crippen LogP contribution < -0.4 is 4.90 Å². The van der Waals surface area contributed by atoms with Crippen LogP contribution in [0.4, 0.5) is 19.0 Å². The van der Waals surface area contributed by atoms with Crippen LogP contribution in [0.1, 0.15) is 30.1 Å². The summed E-state index contributed by atoms with van der Waals surface area (Å²) in [5.74, 6) is 1.65. The fourth-order valence-corrected chi connectivity index (χ4v) is 3.63. The largest absolute Gasteiger partial charge is 0.417 e. The van der Waals surface area contributed by atoms with Crippen LogP contribution in [-0.2, 0) is 6.18 Å². The first-order valence-electron chi connectivity index (χ1n) is 8.34. The van der Waals surface area contributed by atoms with Crippen molar-refractivity contribution in [3.63, 3.8) is 0 Å². The number of rotatable bonds is 2. The number of aromatic nitrogens is 3. The molecule has 8 heteroatoms. The van der Waals surface area contributed by atoms with Crippen LogP contribution in [-0.4, -0.2) is 28.0 Å². The highest BCUT2D eigenvalue weighted by Gasteiger charge is 2.32. The Morgan fingerprint density at radius 2 is 1.88 bits per heavy atom. The summed E-state index contributed by atoms with van der Waals surface area (Å²) in [6, 6.07) is 8.82. The maximum absolute atomic E-state index is 12.7. The van der Waals surface area contributed by atoms with Crippen LogP contribution in [0.5, 0.6) is 0 Å². The Labute approximate surface area is 153 Å². The van der Waals surface area contributed by atoms with Crippen LogP contribution in [0.3, 0.4) is 0 Å². The standard InChI is InChI=1S/C18H16ClF3N4/c19-13-9-12(18(20,21)22)10-23-17(13)26-7-5-11(6-8-26)16-24-14-3-1-2-4-15(14)25-16/h1-4,9-11H,5-8H2,(H,24,25). The van der Waals surface area contributed by atoms with Gasteiger partial charge in [-0.3, -0.25) is 0 Å². The molecule has 0 bridgehead atoms. The predicted molar refractivity (Wildman–Crippen MR) is 94.5 cm³/mol. The highest BCUT2D eigenvalue weighted by atomic mass is 35.5. The van der Waals surface area contributed by atoms with Gasteiger partial charge in [-0.1, -0.05) is 23.7 Å². The molecule has 0 atom stereocenters. The number of alkyl halides is 3. The molecule has 2 aromatic heterocycles. The molecule has 0 amide bonds. The molecule has 1 fully saturated rings. The van der Waals surface area contributed by atoms with E-state index in [0.29, 0.717) is 18.9 Å². The van der Waals surface area contributed by atoms with E-state index in [0.717, 1.165) is 42.0 Å². The highest BCUT2D eigenvalue weighted by Crippen LogP contribution is 2.36. The number of hydrogen-bond donors (Lipinski definition) is 1. The van der Waals surface area contributed by atoms with Crippen LogP contribution in [0.25, 0.3) is 11.0 Å². The zero-order chi connectivity index (χ0) is 18.3. The molecular formula is C18H16ClF3N4. The van der Waals surface area contributed by atoms with Gasteiger partial charge in [0.05, 0.1) is 21.6 Å². The molecule has 4 rings (SSSR count). The van der Waals surface area contributed by atoms with E-state index >= 15 is 0 Å². The summed E-state index contributed by atoms with van der Waals surface area (Å²) in [7, 11) is 0. The summed E-state index contributed by atoms with van der Waals surface area (Å²) in [4.78, 5) is 13.9. The van der Waals surface area contributed by atoms with Crippen molar-refractivity contribution in [2.45, 2.75) is 24.9 Å². The van der Waals surface area contributed by atoms with E-state index in [2.05, 4.69) is 15.0 Å². The summed E-state index contributed by atoms with van der Waals surface area (Å²) in [5, 5.41) is 0.0296. The van der Waals surface area contributed by atoms with Gasteiger partial charge < -0.3 is 9.88 Å². The van der Waals surface area contributed by atoms with Crippen molar-refractivity contribution in [2.24, 2.45) is 0 Å². The van der Waals surface area contributed by atoms with Gasteiger partial charge in [0.2, 0.25) is 0 Å². The summed E-state index contributed by atoms with van der Waals surface area (Å²) < 4.78 is 38.2. The first-order chi connectivity index (χ1) is 12.4. The molecule has 0 saturated carbocycles. The second-order valence-corrected chi connectivity index (χ2v) is 6.83. The average molecular weight is 381 g/mol. The molecule has 136 valence electrons. The molecule has 0 spiro atoms. The Balaban J connectivity index is 1.48. The molecule has 1 saturated heterocycles. The van der Waals surface area contributed by atoms with Gasteiger partial charge in [-0.2, -0.15) is 13.2 Å². The lowest BCUT2D eigenvalue weighted by Crippen LogP contribution is -2.34. The Hall–Kier alpha value is -2.28. The lowest BCUT2D eigenvalue weighted by molar-refractivity contribution is -0.137. The number of benzene rings is 1. The molecule has 1 aliphatic heterocycles. The number of imidazole rings is 1. The van der Waals surface area contributed by atoms with Gasteiger partial charge in [0, 0.05) is 25.2 Å². The van der Waals surface area contributed by atoms with Crippen LogP contribution in [0, 0.1) is 0 Å². The van der Waals surface area contributed by atoms with Crippen molar-refractivity contribution in [2.75, 3.05) is 18.0 Å². The molecule has 1 aliphatic rings. The third kappa shape index (κ3) is 3.23. The second-order valence-electron chi connectivity index (χ2n) is 6.43. The van der Waals surface area contributed by atoms with Gasteiger partial charge in [0.1, 0.15) is 11.6 Å². The molecule has 3 aromatic rings. The van der Waals surface area contributed by atoms with E-state index in [1.165, 1.54) is 0 Å². The molecule has 3 heterocycles. The van der Waals surface area contributed by atoms with Gasteiger partial charge in [0.15, 0.2) is 0 Å². The number of aromatic amines is 1. The zero-order valence-electron chi connectivity index (χ0n) is 13.7. The van der Waals surface area contributed by atoms with Gasteiger partial charge >= 0.3 is 6.18 Å². The highest BCUT2D eigenvalue weighted by molar-refractivity contribution is 6.33. The normalized spacial score (nSPS) is 16.4. The van der Waals surface area contributed by atoms with Gasteiger partial charge in [-0.15, -0.1) is 0 Å². The van der Waals surface area contributed by atoms with E-state index in [9.17, 15) is 13.2 Å². The lowest BCUT2D eigenvalue weighted by atomic mass is 9.96. The second kappa shape index (κ2) is 6.46. The van der Waals surface area contributed by atoms with E-state index in [1.54, 1.807) is 0 Å². The smallest absolute Gasteiger partial charge is 0.355 e. The fraction of sp³-hybridized carbons (Fsp3) is 0.333. The first-order valence-corrected chi connectivity index (χ1v) is 8.72. The number of pyridine rings is 1. The quantitative estimate of drug-likeness (QED) is 0.679. The first kappa shape index (κ1) is 17.1. The van der Waals surface area contributed by atoms with Crippen molar-refractivity contribution in [3.05, 3.63) is 52.9 Å². The van der Waals surface area contributed by atoms with E-state index in [-0.39, 0.29) is 10.9 Å². The molecule has 4 nitrogen and oxygen atoms in total. The van der Waals surface area contributed by atoms with Crippen molar-refractivity contribution >= 4 is 28.5 Å². The minimum Gasteiger partial charge on any atom is -0.355 e. The van der Waals surface area contributed by atoms with Crippen molar-refractivity contribution in [3.8, 4) is 0 Å². The number of fused-ring (bicyclic) bond motifs is 1. The predicted octanol–water partition coefficient (Wildman–Crippen LogP) is 5.01. The van der Waals surface area contributed by atoms with Crippen LogP contribution >= 0.6 is 11.6 Å². The molecular weight excluding hydrogens is 365 g/mol. The Morgan fingerprint density at radius 3 is 2.54 bits per heavy atom. The van der Waals surface area contributed by atoms with Crippen molar-refractivity contribution in [1.82, 2.24) is 15.0 Å². The van der Waals surface area contributed by atoms with E-state index < -0.39 is 11.7 Å². The van der Waals surface area contributed by atoms with Gasteiger partial charge in [-0.05, 0) is 31.0 Å². The monoisotopic (exact) mass is 380 g/mol. The number of nitrogens with one attached hydrogen (secondary N) is 1. The summed E-state index contributed by atoms with van der Waals surface area (Å²) in [5.41, 5.74) is 1.12. The molecule has 0 unspecified atom stereocenters. The van der Waals surface area contributed by atoms with Crippen molar-refractivity contribution in [1.29, 1.82) is 0 Å². The Morgan fingerprint density at radius 1 is 1.15 bits per heavy atom. The number of nitrogens with zero attached hydrogens (tertiary/aromatic N) is 3. The number of para-hydroxylation sites is 2. The number of H-pyrrole nitrogens is 1. The molecule has 1 N–H and O–H groups in total. The van der Waals surface area contributed by atoms with E-state index in [4.69, 9.17) is 11.6 Å². The van der Waals surface area contributed by atoms with Crippen LogP contribution in [0.15, 0.2) is 36.5 Å². The van der Waals surface area contributed by atoms with E-state index in [1.807, 2.05) is 29.2 Å². The number of hydrogen-bond acceptors (Lipinski definition) is 3. The molecule has 26 heavy (non-hydrogen) atoms. The zero-order valence-corrected chi connectivity index (χ0v) is 14.5. The van der Waals surface area contributed by atoms with Crippen molar-refractivity contribution < 1.29 is 13.2 Å². The minimum atomic E-state index is -4.44. The maximum atomic E-state index is 12.7. The maximum Gasteiger partial charge on any atom is 0.417 e. The SMILES string of the molecule is FC(F)(F)c1cnc(N2CCC(c3nc4ccccc4[nH]3)CC2)c(Cl)c1. The third-order valence-corrected chi connectivity index (χ3v) is 5.02. The Kier molecular flexibility index (Phi) is 4.26. The molecule has 0 aliphatic carbocycles. The fourth-order valence-electron chi connectivity index (χ4n) is 3.35. The lowest BCUT2D eigenvalue weighted by Gasteiger charge is -2.32. The number of piperidine rings is 1. The van der Waals surface area contributed by atoms with Gasteiger partial charge in [-0.25, -0.2) is 9.97 Å². The average Bonchev–Trinajstić information content (AvgIpc) is 3.05. The molecule has 0 radical (unpaired) electrons. The Bertz CT molecular complexity index is 897.